The highest BCUT2D eigenvalue weighted by Gasteiger charge is 2.40. The summed E-state index contributed by atoms with van der Waals surface area (Å²) in [5.41, 5.74) is 6.74. The molecule has 0 saturated heterocycles. The van der Waals surface area contributed by atoms with Crippen LogP contribution in [0.3, 0.4) is 0 Å². The number of para-hydroxylation sites is 1. The number of benzene rings is 1. The van der Waals surface area contributed by atoms with Crippen LogP contribution in [0.2, 0.25) is 0 Å². The third kappa shape index (κ3) is 3.38. The van der Waals surface area contributed by atoms with Crippen LogP contribution in [0.25, 0.3) is 0 Å². The minimum Gasteiger partial charge on any atom is -0.411 e. The number of hydrogen-bond acceptors (Lipinski definition) is 4. The quantitative estimate of drug-likeness (QED) is 0.421. The summed E-state index contributed by atoms with van der Waals surface area (Å²) in [6.45, 7) is 16.0. The minimum atomic E-state index is -0.154. The molecule has 4 heteroatoms. The molecule has 0 saturated carbocycles. The Morgan fingerprint density at radius 3 is 2.60 bits per heavy atom. The van der Waals surface area contributed by atoms with E-state index in [1.165, 1.54) is 0 Å². The SMILES string of the molecule is C=C/C(C)=C\C1=C(C)NC(=C)C1C1Nc2ccccc2/C1=N\O.CC. The van der Waals surface area contributed by atoms with E-state index in [0.717, 1.165) is 33.8 Å². The number of anilines is 1. The molecule has 1 aromatic carbocycles. The number of rotatable bonds is 3. The number of fused-ring (bicyclic) bond motifs is 1. The van der Waals surface area contributed by atoms with E-state index in [1.54, 1.807) is 0 Å². The second-order valence-electron chi connectivity index (χ2n) is 5.95. The molecule has 0 bridgehead atoms. The highest BCUT2D eigenvalue weighted by atomic mass is 16.4. The van der Waals surface area contributed by atoms with Crippen LogP contribution in [0, 0.1) is 5.92 Å². The molecule has 3 N–H and O–H groups in total. The van der Waals surface area contributed by atoms with Crippen LogP contribution >= 0.6 is 0 Å². The van der Waals surface area contributed by atoms with E-state index >= 15 is 0 Å². The van der Waals surface area contributed by atoms with Crippen molar-refractivity contribution in [2.45, 2.75) is 33.7 Å². The topological polar surface area (TPSA) is 56.7 Å². The molecule has 0 aromatic heterocycles. The van der Waals surface area contributed by atoms with Gasteiger partial charge >= 0.3 is 0 Å². The molecule has 2 atom stereocenters. The van der Waals surface area contributed by atoms with E-state index in [2.05, 4.69) is 35.0 Å². The predicted octanol–water partition coefficient (Wildman–Crippen LogP) is 4.82. The van der Waals surface area contributed by atoms with Crippen molar-refractivity contribution in [3.63, 3.8) is 0 Å². The molecule has 0 amide bonds. The van der Waals surface area contributed by atoms with Crippen molar-refractivity contribution in [1.29, 1.82) is 0 Å². The summed E-state index contributed by atoms with van der Waals surface area (Å²) in [6.07, 6.45) is 3.94. The molecule has 2 aliphatic heterocycles. The Bertz CT molecular complexity index is 771. The van der Waals surface area contributed by atoms with E-state index in [9.17, 15) is 5.21 Å². The highest BCUT2D eigenvalue weighted by molar-refractivity contribution is 6.14. The van der Waals surface area contributed by atoms with Gasteiger partial charge in [-0.1, -0.05) is 68.1 Å². The van der Waals surface area contributed by atoms with Gasteiger partial charge in [0.1, 0.15) is 5.71 Å². The van der Waals surface area contributed by atoms with Gasteiger partial charge in [-0.3, -0.25) is 0 Å². The Hall–Kier alpha value is -2.75. The lowest BCUT2D eigenvalue weighted by Crippen LogP contribution is -2.34. The molecule has 2 aliphatic rings. The Morgan fingerprint density at radius 1 is 1.28 bits per heavy atom. The van der Waals surface area contributed by atoms with Gasteiger partial charge in [-0.2, -0.15) is 0 Å². The fraction of sp³-hybridized carbons (Fsp3) is 0.286. The molecule has 0 spiro atoms. The van der Waals surface area contributed by atoms with Crippen LogP contribution in [-0.2, 0) is 0 Å². The molecule has 4 nitrogen and oxygen atoms in total. The smallest absolute Gasteiger partial charge is 0.112 e. The van der Waals surface area contributed by atoms with Crippen molar-refractivity contribution in [2.75, 3.05) is 5.32 Å². The second kappa shape index (κ2) is 7.88. The second-order valence-corrected chi connectivity index (χ2v) is 5.95. The summed E-state index contributed by atoms with van der Waals surface area (Å²) in [4.78, 5) is 0. The molecular formula is C21H27N3O. The van der Waals surface area contributed by atoms with Gasteiger partial charge in [0.25, 0.3) is 0 Å². The van der Waals surface area contributed by atoms with Crippen LogP contribution in [0.1, 0.15) is 33.3 Å². The molecule has 2 heterocycles. The molecule has 0 aliphatic carbocycles. The molecule has 0 radical (unpaired) electrons. The zero-order valence-electron chi connectivity index (χ0n) is 15.4. The summed E-state index contributed by atoms with van der Waals surface area (Å²) in [7, 11) is 0. The van der Waals surface area contributed by atoms with Crippen LogP contribution in [0.5, 0.6) is 0 Å². The monoisotopic (exact) mass is 337 g/mol. The van der Waals surface area contributed by atoms with Gasteiger partial charge in [-0.25, -0.2) is 0 Å². The van der Waals surface area contributed by atoms with Crippen molar-refractivity contribution < 1.29 is 5.21 Å². The van der Waals surface area contributed by atoms with Crippen molar-refractivity contribution in [3.8, 4) is 0 Å². The fourth-order valence-electron chi connectivity index (χ4n) is 3.29. The van der Waals surface area contributed by atoms with Crippen molar-refractivity contribution >= 4 is 11.4 Å². The minimum absolute atomic E-state index is 0.0109. The molecule has 2 unspecified atom stereocenters. The zero-order valence-corrected chi connectivity index (χ0v) is 15.4. The van der Waals surface area contributed by atoms with Gasteiger partial charge in [-0.05, 0) is 25.5 Å². The summed E-state index contributed by atoms with van der Waals surface area (Å²) >= 11 is 0. The Morgan fingerprint density at radius 2 is 1.96 bits per heavy atom. The lowest BCUT2D eigenvalue weighted by molar-refractivity contribution is 0.317. The molecule has 1 aromatic rings. The van der Waals surface area contributed by atoms with E-state index in [4.69, 9.17) is 0 Å². The number of nitrogens with zero attached hydrogens (tertiary/aromatic N) is 1. The number of hydrogen-bond donors (Lipinski definition) is 3. The fourth-order valence-corrected chi connectivity index (χ4v) is 3.29. The van der Waals surface area contributed by atoms with E-state index in [1.807, 2.05) is 58.0 Å². The van der Waals surface area contributed by atoms with Gasteiger partial charge in [0.15, 0.2) is 0 Å². The first-order valence-electron chi connectivity index (χ1n) is 8.62. The molecular weight excluding hydrogens is 310 g/mol. The molecule has 132 valence electrons. The summed E-state index contributed by atoms with van der Waals surface area (Å²) in [6, 6.07) is 7.71. The Balaban J connectivity index is 0.00000109. The summed E-state index contributed by atoms with van der Waals surface area (Å²) in [5, 5.41) is 19.9. The standard InChI is InChI=1S/C19H21N3O.C2H6/c1-5-11(2)10-15-12(3)20-13(4)17(15)19-18(22-23)14-8-6-7-9-16(14)21-19;1-2/h5-10,17,19-21,23H,1,4H2,2-3H3;1-2H3/b11-10-,22-18+;. The third-order valence-corrected chi connectivity index (χ3v) is 4.45. The maximum absolute atomic E-state index is 9.56. The average molecular weight is 337 g/mol. The first kappa shape index (κ1) is 18.6. The van der Waals surface area contributed by atoms with Crippen LogP contribution in [0.4, 0.5) is 5.69 Å². The largest absolute Gasteiger partial charge is 0.411 e. The first-order valence-corrected chi connectivity index (χ1v) is 8.62. The number of oxime groups is 1. The average Bonchev–Trinajstić information content (AvgIpc) is 3.12. The van der Waals surface area contributed by atoms with Crippen LogP contribution < -0.4 is 10.6 Å². The van der Waals surface area contributed by atoms with Crippen molar-refractivity contribution in [1.82, 2.24) is 5.32 Å². The van der Waals surface area contributed by atoms with Gasteiger partial charge in [0.05, 0.1) is 12.0 Å². The molecule has 0 fully saturated rings. The van der Waals surface area contributed by atoms with E-state index in [-0.39, 0.29) is 12.0 Å². The van der Waals surface area contributed by atoms with Crippen molar-refractivity contribution in [2.24, 2.45) is 11.1 Å². The zero-order chi connectivity index (χ0) is 18.6. The first-order chi connectivity index (χ1) is 12.1. The van der Waals surface area contributed by atoms with E-state index in [0.29, 0.717) is 5.71 Å². The Labute approximate surface area is 150 Å². The maximum atomic E-state index is 9.56. The maximum Gasteiger partial charge on any atom is 0.112 e. The number of allylic oxidation sites excluding steroid dienone is 4. The van der Waals surface area contributed by atoms with Gasteiger partial charge < -0.3 is 15.8 Å². The van der Waals surface area contributed by atoms with Crippen LogP contribution in [0.15, 0.2) is 77.3 Å². The highest BCUT2D eigenvalue weighted by Crippen LogP contribution is 2.39. The van der Waals surface area contributed by atoms with Gasteiger partial charge in [0, 0.05) is 22.6 Å². The summed E-state index contributed by atoms with van der Waals surface area (Å²) < 4.78 is 0. The van der Waals surface area contributed by atoms with Crippen LogP contribution in [-0.4, -0.2) is 17.0 Å². The van der Waals surface area contributed by atoms with E-state index < -0.39 is 0 Å². The van der Waals surface area contributed by atoms with Gasteiger partial charge in [-0.15, -0.1) is 0 Å². The lowest BCUT2D eigenvalue weighted by Gasteiger charge is -2.22. The predicted molar refractivity (Wildman–Crippen MR) is 106 cm³/mol. The van der Waals surface area contributed by atoms with Gasteiger partial charge in [0.2, 0.25) is 0 Å². The lowest BCUT2D eigenvalue weighted by atomic mass is 9.86. The molecule has 25 heavy (non-hydrogen) atoms. The van der Waals surface area contributed by atoms with Crippen molar-refractivity contribution in [3.05, 3.63) is 77.7 Å². The third-order valence-electron chi connectivity index (χ3n) is 4.45. The Kier molecular flexibility index (Phi) is 5.86. The number of nitrogens with one attached hydrogen (secondary N) is 2. The molecule has 3 rings (SSSR count). The summed E-state index contributed by atoms with van der Waals surface area (Å²) in [5.74, 6) is -0.0109. The normalized spacial score (nSPS) is 23.6.